The Morgan fingerprint density at radius 1 is 1.19 bits per heavy atom. The molecule has 2 rings (SSSR count). The van der Waals surface area contributed by atoms with E-state index in [0.29, 0.717) is 6.04 Å². The van der Waals surface area contributed by atoms with Crippen LogP contribution in [0.2, 0.25) is 0 Å². The second-order valence-corrected chi connectivity index (χ2v) is 4.69. The minimum absolute atomic E-state index is 0.199. The highest BCUT2D eigenvalue weighted by Crippen LogP contribution is 2.29. The van der Waals surface area contributed by atoms with E-state index < -0.39 is 0 Å². The number of rotatable bonds is 3. The molecule has 0 aliphatic carbocycles. The van der Waals surface area contributed by atoms with Crippen molar-refractivity contribution in [3.8, 4) is 0 Å². The molecular formula is C14H19NO. The number of aromatic nitrogens is 1. The van der Waals surface area contributed by atoms with Crippen LogP contribution in [0.25, 0.3) is 10.9 Å². The van der Waals surface area contributed by atoms with Gasteiger partial charge in [0.15, 0.2) is 0 Å². The summed E-state index contributed by atoms with van der Waals surface area (Å²) in [5.74, 6) is 0.199. The second kappa shape index (κ2) is 4.30. The van der Waals surface area contributed by atoms with E-state index in [1.807, 2.05) is 0 Å². The lowest BCUT2D eigenvalue weighted by atomic mass is 10.0. The molecule has 0 amide bonds. The molecule has 0 radical (unpaired) electrons. The average Bonchev–Trinajstić information content (AvgIpc) is 2.67. The molecule has 0 fully saturated rings. The Bertz CT molecular complexity index is 484. The zero-order valence-corrected chi connectivity index (χ0v) is 10.1. The molecule has 1 atom stereocenters. The number of fused-ring (bicyclic) bond motifs is 1. The molecular weight excluding hydrogens is 198 g/mol. The fourth-order valence-corrected chi connectivity index (χ4v) is 2.15. The molecule has 0 spiro atoms. The van der Waals surface area contributed by atoms with E-state index in [1.165, 1.54) is 16.5 Å². The Hall–Kier alpha value is -1.28. The lowest BCUT2D eigenvalue weighted by Crippen LogP contribution is -1.99. The van der Waals surface area contributed by atoms with Crippen molar-refractivity contribution >= 4 is 10.9 Å². The van der Waals surface area contributed by atoms with Gasteiger partial charge in [-0.2, -0.15) is 0 Å². The minimum atomic E-state index is 0.199. The zero-order valence-electron chi connectivity index (χ0n) is 10.1. The molecule has 0 aliphatic rings. The summed E-state index contributed by atoms with van der Waals surface area (Å²) in [6, 6.07) is 8.85. The van der Waals surface area contributed by atoms with E-state index in [-0.39, 0.29) is 12.5 Å². The molecule has 16 heavy (non-hydrogen) atoms. The number of hydrogen-bond acceptors (Lipinski definition) is 1. The van der Waals surface area contributed by atoms with Gasteiger partial charge in [0.2, 0.25) is 0 Å². The molecule has 1 aromatic heterocycles. The minimum Gasteiger partial charge on any atom is -0.396 e. The van der Waals surface area contributed by atoms with Crippen LogP contribution in [0.15, 0.2) is 30.5 Å². The smallest absolute Gasteiger partial charge is 0.0497 e. The summed E-state index contributed by atoms with van der Waals surface area (Å²) in [6.07, 6.45) is 2.18. The van der Waals surface area contributed by atoms with Gasteiger partial charge in [-0.3, -0.25) is 0 Å². The van der Waals surface area contributed by atoms with Gasteiger partial charge in [-0.25, -0.2) is 0 Å². The predicted molar refractivity (Wildman–Crippen MR) is 67.8 cm³/mol. The van der Waals surface area contributed by atoms with Crippen molar-refractivity contribution in [3.05, 3.63) is 36.0 Å². The third-order valence-electron chi connectivity index (χ3n) is 3.13. The van der Waals surface area contributed by atoms with Crippen molar-refractivity contribution in [2.45, 2.75) is 32.7 Å². The van der Waals surface area contributed by atoms with E-state index in [9.17, 15) is 5.11 Å². The van der Waals surface area contributed by atoms with Crippen LogP contribution < -0.4 is 0 Å². The Morgan fingerprint density at radius 3 is 2.50 bits per heavy atom. The van der Waals surface area contributed by atoms with Crippen molar-refractivity contribution in [1.29, 1.82) is 0 Å². The second-order valence-electron chi connectivity index (χ2n) is 4.69. The van der Waals surface area contributed by atoms with Crippen molar-refractivity contribution in [3.63, 3.8) is 0 Å². The maximum Gasteiger partial charge on any atom is 0.0497 e. The first-order valence-electron chi connectivity index (χ1n) is 5.85. The van der Waals surface area contributed by atoms with Crippen LogP contribution in [0.3, 0.4) is 0 Å². The number of nitrogens with zero attached hydrogens (tertiary/aromatic N) is 1. The van der Waals surface area contributed by atoms with Gasteiger partial charge in [0.25, 0.3) is 0 Å². The number of aliphatic hydroxyl groups excluding tert-OH is 1. The van der Waals surface area contributed by atoms with E-state index in [4.69, 9.17) is 0 Å². The summed E-state index contributed by atoms with van der Waals surface area (Å²) in [6.45, 7) is 6.62. The van der Waals surface area contributed by atoms with Gasteiger partial charge < -0.3 is 9.67 Å². The number of aliphatic hydroxyl groups is 1. The molecule has 0 bridgehead atoms. The van der Waals surface area contributed by atoms with Crippen LogP contribution in [-0.4, -0.2) is 16.3 Å². The first-order valence-corrected chi connectivity index (χ1v) is 5.85. The summed E-state index contributed by atoms with van der Waals surface area (Å²) in [4.78, 5) is 0. The molecule has 1 heterocycles. The van der Waals surface area contributed by atoms with Gasteiger partial charge in [0.05, 0.1) is 0 Å². The highest BCUT2D eigenvalue weighted by Gasteiger charge is 2.14. The largest absolute Gasteiger partial charge is 0.396 e. The zero-order chi connectivity index (χ0) is 11.7. The normalized spacial score (nSPS) is 13.6. The third-order valence-corrected chi connectivity index (χ3v) is 3.13. The highest BCUT2D eigenvalue weighted by molar-refractivity contribution is 5.84. The highest BCUT2D eigenvalue weighted by atomic mass is 16.3. The number of benzene rings is 1. The van der Waals surface area contributed by atoms with Crippen LogP contribution in [0, 0.1) is 0 Å². The van der Waals surface area contributed by atoms with Crippen LogP contribution in [0.4, 0.5) is 0 Å². The molecule has 2 heteroatoms. The van der Waals surface area contributed by atoms with E-state index >= 15 is 0 Å². The Morgan fingerprint density at radius 2 is 1.88 bits per heavy atom. The number of hydrogen-bond donors (Lipinski definition) is 1. The van der Waals surface area contributed by atoms with Gasteiger partial charge in [0.1, 0.15) is 0 Å². The van der Waals surface area contributed by atoms with Gasteiger partial charge >= 0.3 is 0 Å². The molecule has 2 nitrogen and oxygen atoms in total. The predicted octanol–water partition coefficient (Wildman–Crippen LogP) is 3.32. The molecule has 1 N–H and O–H groups in total. The lowest BCUT2D eigenvalue weighted by Gasteiger charge is -2.08. The maximum atomic E-state index is 9.29. The van der Waals surface area contributed by atoms with E-state index in [1.54, 1.807) is 0 Å². The monoisotopic (exact) mass is 217 g/mol. The molecule has 1 aromatic carbocycles. The van der Waals surface area contributed by atoms with Crippen LogP contribution in [-0.2, 0) is 0 Å². The number of para-hydroxylation sites is 1. The first kappa shape index (κ1) is 11.2. The Kier molecular flexibility index (Phi) is 3.01. The lowest BCUT2D eigenvalue weighted by molar-refractivity contribution is 0.273. The third kappa shape index (κ3) is 1.74. The van der Waals surface area contributed by atoms with Crippen molar-refractivity contribution in [2.75, 3.05) is 6.61 Å². The van der Waals surface area contributed by atoms with Gasteiger partial charge in [-0.05, 0) is 25.5 Å². The van der Waals surface area contributed by atoms with Crippen LogP contribution in [0.1, 0.15) is 38.3 Å². The Labute approximate surface area is 96.5 Å². The molecule has 0 saturated carbocycles. The van der Waals surface area contributed by atoms with Crippen molar-refractivity contribution in [2.24, 2.45) is 0 Å². The average molecular weight is 217 g/mol. The van der Waals surface area contributed by atoms with E-state index in [0.717, 1.165) is 0 Å². The summed E-state index contributed by atoms with van der Waals surface area (Å²) >= 11 is 0. The van der Waals surface area contributed by atoms with Crippen molar-refractivity contribution < 1.29 is 5.11 Å². The van der Waals surface area contributed by atoms with Gasteiger partial charge in [-0.1, -0.05) is 25.1 Å². The molecule has 0 aliphatic heterocycles. The van der Waals surface area contributed by atoms with E-state index in [2.05, 4.69) is 55.8 Å². The van der Waals surface area contributed by atoms with Crippen molar-refractivity contribution in [1.82, 2.24) is 4.57 Å². The van der Waals surface area contributed by atoms with Gasteiger partial charge in [-0.15, -0.1) is 0 Å². The maximum absolute atomic E-state index is 9.29. The summed E-state index contributed by atoms with van der Waals surface area (Å²) in [7, 11) is 0. The molecule has 2 aromatic rings. The summed E-state index contributed by atoms with van der Waals surface area (Å²) in [5.41, 5.74) is 2.50. The first-order chi connectivity index (χ1) is 7.65. The van der Waals surface area contributed by atoms with Gasteiger partial charge in [0, 0.05) is 35.7 Å². The standard InChI is InChI=1S/C14H19NO/c1-10(2)15-8-13(11(3)9-16)12-6-4-5-7-14(12)15/h4-8,10-11,16H,9H2,1-3H3. The molecule has 1 unspecified atom stereocenters. The topological polar surface area (TPSA) is 25.2 Å². The summed E-state index contributed by atoms with van der Waals surface area (Å²) in [5, 5.41) is 10.5. The summed E-state index contributed by atoms with van der Waals surface area (Å²) < 4.78 is 2.27. The van der Waals surface area contributed by atoms with Crippen LogP contribution >= 0.6 is 0 Å². The molecule has 86 valence electrons. The van der Waals surface area contributed by atoms with Crippen LogP contribution in [0.5, 0.6) is 0 Å². The fourth-order valence-electron chi connectivity index (χ4n) is 2.15. The quantitative estimate of drug-likeness (QED) is 0.838. The SMILES string of the molecule is CC(CO)c1cn(C(C)C)c2ccccc12. The Balaban J connectivity index is 2.66. The molecule has 0 saturated heterocycles. The fraction of sp³-hybridized carbons (Fsp3) is 0.429.